The second kappa shape index (κ2) is 10.3. The lowest BCUT2D eigenvalue weighted by Crippen LogP contribution is -2.49. The average Bonchev–Trinajstić information content (AvgIpc) is 2.86. The number of hydrogen-bond donors (Lipinski definition) is 2. The highest BCUT2D eigenvalue weighted by atomic mass is 16.4. The number of amides is 1. The van der Waals surface area contributed by atoms with Crippen molar-refractivity contribution in [2.75, 3.05) is 13.1 Å². The molecule has 0 radical (unpaired) electrons. The molecule has 1 aromatic heterocycles. The van der Waals surface area contributed by atoms with Crippen molar-refractivity contribution in [3.05, 3.63) is 94.4 Å². The Bertz CT molecular complexity index is 1250. The summed E-state index contributed by atoms with van der Waals surface area (Å²) in [5.74, 6) is -1.00. The molecule has 2 heterocycles. The number of aromatic carboxylic acids is 1. The van der Waals surface area contributed by atoms with Gasteiger partial charge in [0.2, 0.25) is 5.91 Å². The molecule has 1 unspecified atom stereocenters. The first-order chi connectivity index (χ1) is 16.8. The molecule has 0 spiro atoms. The Morgan fingerprint density at radius 1 is 1.00 bits per heavy atom. The molecule has 1 atom stereocenters. The Labute approximate surface area is 204 Å². The number of aliphatic hydroxyl groups is 1. The standard InChI is InChI=1S/C28H30N2O5/c1-20(21-8-4-2-5-9-21)16-25(31)29-14-12-28(35,13-15-29)19-30-18-24(27(33)34)23(17-26(30)32)22-10-6-3-7-11-22/h2-11,17-18,20,35H,12-16,19H2,1H3,(H,33,34). The van der Waals surface area contributed by atoms with Gasteiger partial charge in [0, 0.05) is 37.3 Å². The molecule has 0 saturated carbocycles. The van der Waals surface area contributed by atoms with Gasteiger partial charge in [-0.1, -0.05) is 67.6 Å². The number of carboxylic acids is 1. The Kier molecular flexibility index (Phi) is 7.17. The van der Waals surface area contributed by atoms with Gasteiger partial charge < -0.3 is 19.7 Å². The number of likely N-dealkylation sites (tertiary alicyclic amines) is 1. The minimum absolute atomic E-state index is 0.00177. The molecule has 2 aromatic carbocycles. The van der Waals surface area contributed by atoms with E-state index in [9.17, 15) is 24.6 Å². The van der Waals surface area contributed by atoms with Crippen LogP contribution < -0.4 is 5.56 Å². The van der Waals surface area contributed by atoms with Crippen LogP contribution in [0.5, 0.6) is 0 Å². The molecule has 182 valence electrons. The van der Waals surface area contributed by atoms with Crippen LogP contribution in [0.3, 0.4) is 0 Å². The molecule has 1 saturated heterocycles. The van der Waals surface area contributed by atoms with Crippen molar-refractivity contribution in [3.63, 3.8) is 0 Å². The van der Waals surface area contributed by atoms with Crippen molar-refractivity contribution in [1.29, 1.82) is 0 Å². The molecule has 3 aromatic rings. The zero-order valence-corrected chi connectivity index (χ0v) is 19.8. The summed E-state index contributed by atoms with van der Waals surface area (Å²) in [6, 6.07) is 20.1. The fourth-order valence-electron chi connectivity index (χ4n) is 4.66. The Hall–Kier alpha value is -3.71. The number of rotatable bonds is 7. The van der Waals surface area contributed by atoms with Crippen LogP contribution in [0, 0.1) is 0 Å². The van der Waals surface area contributed by atoms with Gasteiger partial charge in [-0.05, 0) is 29.9 Å². The number of hydrogen-bond acceptors (Lipinski definition) is 4. The topological polar surface area (TPSA) is 99.8 Å². The molecule has 1 amide bonds. The normalized spacial score (nSPS) is 16.0. The maximum atomic E-state index is 12.8. The number of aromatic nitrogens is 1. The van der Waals surface area contributed by atoms with Gasteiger partial charge in [0.15, 0.2) is 0 Å². The third kappa shape index (κ3) is 5.69. The van der Waals surface area contributed by atoms with Crippen LogP contribution in [0.2, 0.25) is 0 Å². The van der Waals surface area contributed by atoms with Crippen molar-refractivity contribution in [2.24, 2.45) is 0 Å². The third-order valence-electron chi connectivity index (χ3n) is 6.80. The molecule has 1 aliphatic heterocycles. The summed E-state index contributed by atoms with van der Waals surface area (Å²) in [4.78, 5) is 39.3. The van der Waals surface area contributed by atoms with Crippen LogP contribution >= 0.6 is 0 Å². The summed E-state index contributed by atoms with van der Waals surface area (Å²) in [5, 5.41) is 20.9. The van der Waals surface area contributed by atoms with E-state index < -0.39 is 11.6 Å². The molecule has 0 bridgehead atoms. The van der Waals surface area contributed by atoms with Crippen LogP contribution in [-0.4, -0.2) is 50.2 Å². The van der Waals surface area contributed by atoms with Gasteiger partial charge in [-0.2, -0.15) is 0 Å². The maximum absolute atomic E-state index is 12.8. The summed E-state index contributed by atoms with van der Waals surface area (Å²) in [5.41, 5.74) is 0.528. The summed E-state index contributed by atoms with van der Waals surface area (Å²) < 4.78 is 1.27. The number of carbonyl (C=O) groups excluding carboxylic acids is 1. The molecule has 1 aliphatic rings. The van der Waals surface area contributed by atoms with Gasteiger partial charge in [0.25, 0.3) is 5.56 Å². The van der Waals surface area contributed by atoms with Crippen molar-refractivity contribution in [2.45, 2.75) is 44.2 Å². The van der Waals surface area contributed by atoms with Gasteiger partial charge in [0.05, 0.1) is 17.7 Å². The second-order valence-electron chi connectivity index (χ2n) is 9.36. The zero-order chi connectivity index (χ0) is 25.0. The fraction of sp³-hybridized carbons (Fsp3) is 0.321. The predicted molar refractivity (Wildman–Crippen MR) is 133 cm³/mol. The molecule has 0 aliphatic carbocycles. The molecule has 2 N–H and O–H groups in total. The van der Waals surface area contributed by atoms with Crippen LogP contribution in [0.15, 0.2) is 77.7 Å². The fourth-order valence-corrected chi connectivity index (χ4v) is 4.66. The number of pyridine rings is 1. The monoisotopic (exact) mass is 474 g/mol. The zero-order valence-electron chi connectivity index (χ0n) is 19.8. The van der Waals surface area contributed by atoms with E-state index in [1.54, 1.807) is 29.2 Å². The summed E-state index contributed by atoms with van der Waals surface area (Å²) in [6.07, 6.45) is 2.33. The van der Waals surface area contributed by atoms with Crippen LogP contribution in [0.25, 0.3) is 11.1 Å². The molecule has 7 nitrogen and oxygen atoms in total. The van der Waals surface area contributed by atoms with Crippen molar-refractivity contribution >= 4 is 11.9 Å². The van der Waals surface area contributed by atoms with E-state index in [2.05, 4.69) is 0 Å². The first-order valence-corrected chi connectivity index (χ1v) is 11.8. The number of carbonyl (C=O) groups is 2. The quantitative estimate of drug-likeness (QED) is 0.543. The van der Waals surface area contributed by atoms with Crippen molar-refractivity contribution in [3.8, 4) is 11.1 Å². The Morgan fingerprint density at radius 3 is 2.20 bits per heavy atom. The highest BCUT2D eigenvalue weighted by Crippen LogP contribution is 2.28. The number of carboxylic acid groups (broad SMARTS) is 1. The van der Waals surface area contributed by atoms with Crippen LogP contribution in [0.4, 0.5) is 0 Å². The molecule has 4 rings (SSSR count). The minimum Gasteiger partial charge on any atom is -0.478 e. The van der Waals surface area contributed by atoms with Crippen molar-refractivity contribution < 1.29 is 19.8 Å². The first-order valence-electron chi connectivity index (χ1n) is 11.8. The highest BCUT2D eigenvalue weighted by molar-refractivity contribution is 5.95. The van der Waals surface area contributed by atoms with E-state index in [4.69, 9.17) is 0 Å². The van der Waals surface area contributed by atoms with E-state index in [0.29, 0.717) is 43.5 Å². The molecule has 7 heteroatoms. The largest absolute Gasteiger partial charge is 0.478 e. The van der Waals surface area contributed by atoms with E-state index in [1.165, 1.54) is 16.8 Å². The molecule has 1 fully saturated rings. The van der Waals surface area contributed by atoms with E-state index in [1.807, 2.05) is 43.3 Å². The van der Waals surface area contributed by atoms with Gasteiger partial charge in [-0.3, -0.25) is 9.59 Å². The van der Waals surface area contributed by atoms with Crippen LogP contribution in [-0.2, 0) is 11.3 Å². The number of benzene rings is 2. The second-order valence-corrected chi connectivity index (χ2v) is 9.36. The van der Waals surface area contributed by atoms with Gasteiger partial charge >= 0.3 is 5.97 Å². The summed E-state index contributed by atoms with van der Waals surface area (Å²) in [7, 11) is 0. The average molecular weight is 475 g/mol. The first kappa shape index (κ1) is 24.4. The van der Waals surface area contributed by atoms with E-state index >= 15 is 0 Å². The lowest BCUT2D eigenvalue weighted by Gasteiger charge is -2.39. The van der Waals surface area contributed by atoms with E-state index in [0.717, 1.165) is 5.56 Å². The lowest BCUT2D eigenvalue weighted by molar-refractivity contribution is -0.136. The van der Waals surface area contributed by atoms with Gasteiger partial charge in [-0.25, -0.2) is 4.79 Å². The smallest absolute Gasteiger partial charge is 0.337 e. The predicted octanol–water partition coefficient (Wildman–Crippen LogP) is 3.76. The number of piperidine rings is 1. The lowest BCUT2D eigenvalue weighted by atomic mass is 9.90. The molecular weight excluding hydrogens is 444 g/mol. The van der Waals surface area contributed by atoms with Crippen molar-refractivity contribution in [1.82, 2.24) is 9.47 Å². The van der Waals surface area contributed by atoms with Gasteiger partial charge in [0.1, 0.15) is 0 Å². The van der Waals surface area contributed by atoms with Crippen LogP contribution in [0.1, 0.15) is 48.0 Å². The van der Waals surface area contributed by atoms with Gasteiger partial charge in [-0.15, -0.1) is 0 Å². The van der Waals surface area contributed by atoms with E-state index in [-0.39, 0.29) is 29.5 Å². The molecular formula is C28H30N2O5. The minimum atomic E-state index is -1.20. The maximum Gasteiger partial charge on any atom is 0.337 e. The highest BCUT2D eigenvalue weighted by Gasteiger charge is 2.35. The molecule has 35 heavy (non-hydrogen) atoms. The third-order valence-corrected chi connectivity index (χ3v) is 6.80. The summed E-state index contributed by atoms with van der Waals surface area (Å²) >= 11 is 0. The Morgan fingerprint density at radius 2 is 1.60 bits per heavy atom. The Balaban J connectivity index is 1.44. The summed E-state index contributed by atoms with van der Waals surface area (Å²) in [6.45, 7) is 2.78. The SMILES string of the molecule is CC(CC(=O)N1CCC(O)(Cn2cc(C(=O)O)c(-c3ccccc3)cc2=O)CC1)c1ccccc1. The number of nitrogens with zero attached hydrogens (tertiary/aromatic N) is 2.